The summed E-state index contributed by atoms with van der Waals surface area (Å²) in [6, 6.07) is 15.1. The van der Waals surface area contributed by atoms with Crippen LogP contribution < -0.4 is 5.32 Å². The lowest BCUT2D eigenvalue weighted by molar-refractivity contribution is -0.138. The van der Waals surface area contributed by atoms with E-state index in [4.69, 9.17) is 0 Å². The number of rotatable bonds is 6. The lowest BCUT2D eigenvalue weighted by Crippen LogP contribution is -2.16. The predicted molar refractivity (Wildman–Crippen MR) is 91.5 cm³/mol. The fourth-order valence-corrected chi connectivity index (χ4v) is 2.49. The van der Waals surface area contributed by atoms with E-state index < -0.39 is 11.9 Å². The molecular formula is C19H21NO3. The predicted octanol–water partition coefficient (Wildman–Crippen LogP) is 4.28. The Bertz CT molecular complexity index is 695. The number of para-hydroxylation sites is 1. The maximum atomic E-state index is 12.1. The minimum Gasteiger partial charge on any atom is -0.481 e. The van der Waals surface area contributed by atoms with Crippen molar-refractivity contribution in [3.63, 3.8) is 0 Å². The summed E-state index contributed by atoms with van der Waals surface area (Å²) in [5.74, 6) is -1.72. The van der Waals surface area contributed by atoms with Crippen molar-refractivity contribution < 1.29 is 14.7 Å². The largest absolute Gasteiger partial charge is 0.481 e. The third-order valence-electron chi connectivity index (χ3n) is 3.76. The third-order valence-corrected chi connectivity index (χ3v) is 3.76. The van der Waals surface area contributed by atoms with E-state index in [1.54, 1.807) is 13.0 Å². The Morgan fingerprint density at radius 2 is 1.78 bits per heavy atom. The first-order chi connectivity index (χ1) is 11.0. The number of hydrogen-bond acceptors (Lipinski definition) is 2. The highest BCUT2D eigenvalue weighted by Crippen LogP contribution is 2.35. The zero-order valence-corrected chi connectivity index (χ0v) is 13.4. The second-order valence-electron chi connectivity index (χ2n) is 5.49. The van der Waals surface area contributed by atoms with Gasteiger partial charge in [-0.3, -0.25) is 9.59 Å². The molecule has 0 bridgehead atoms. The smallest absolute Gasteiger partial charge is 0.310 e. The average Bonchev–Trinajstić information content (AvgIpc) is 2.55. The number of hydrogen-bond donors (Lipinski definition) is 2. The van der Waals surface area contributed by atoms with Gasteiger partial charge in [0.15, 0.2) is 0 Å². The van der Waals surface area contributed by atoms with E-state index >= 15 is 0 Å². The number of anilines is 1. The Kier molecular flexibility index (Phi) is 5.52. The van der Waals surface area contributed by atoms with Crippen molar-refractivity contribution in [2.45, 2.75) is 32.6 Å². The van der Waals surface area contributed by atoms with Crippen molar-refractivity contribution in [3.05, 3.63) is 54.1 Å². The molecule has 23 heavy (non-hydrogen) atoms. The number of carbonyl (C=O) groups excluding carboxylic acids is 1. The summed E-state index contributed by atoms with van der Waals surface area (Å²) in [5.41, 5.74) is 2.98. The van der Waals surface area contributed by atoms with Crippen LogP contribution in [0.1, 0.15) is 38.2 Å². The van der Waals surface area contributed by atoms with Crippen LogP contribution in [0.3, 0.4) is 0 Å². The van der Waals surface area contributed by atoms with Gasteiger partial charge in [0.25, 0.3) is 0 Å². The number of aliphatic carboxylic acids is 1. The van der Waals surface area contributed by atoms with E-state index in [1.807, 2.05) is 49.4 Å². The SMILES string of the molecule is CCCC(=O)Nc1c(-c2ccccc2)cccc1C(C)C(=O)O. The monoisotopic (exact) mass is 311 g/mol. The Morgan fingerprint density at radius 1 is 1.09 bits per heavy atom. The molecule has 0 fully saturated rings. The van der Waals surface area contributed by atoms with Gasteiger partial charge in [0.2, 0.25) is 5.91 Å². The van der Waals surface area contributed by atoms with Crippen LogP contribution in [0.15, 0.2) is 48.5 Å². The minimum atomic E-state index is -0.916. The number of benzene rings is 2. The Morgan fingerprint density at radius 3 is 2.39 bits per heavy atom. The van der Waals surface area contributed by atoms with Crippen LogP contribution in [0.5, 0.6) is 0 Å². The van der Waals surface area contributed by atoms with Crippen molar-refractivity contribution in [1.82, 2.24) is 0 Å². The second-order valence-corrected chi connectivity index (χ2v) is 5.49. The molecule has 120 valence electrons. The van der Waals surface area contributed by atoms with Crippen LogP contribution in [-0.4, -0.2) is 17.0 Å². The molecule has 0 aliphatic heterocycles. The molecule has 0 heterocycles. The van der Waals surface area contributed by atoms with Crippen LogP contribution in [0.25, 0.3) is 11.1 Å². The summed E-state index contributed by atoms with van der Waals surface area (Å²) in [5, 5.41) is 12.3. The van der Waals surface area contributed by atoms with Crippen molar-refractivity contribution in [3.8, 4) is 11.1 Å². The summed E-state index contributed by atoms with van der Waals surface area (Å²) in [7, 11) is 0. The van der Waals surface area contributed by atoms with Crippen LogP contribution in [-0.2, 0) is 9.59 Å². The molecule has 2 aromatic carbocycles. The number of carbonyl (C=O) groups is 2. The highest BCUT2D eigenvalue weighted by molar-refractivity contribution is 5.98. The second kappa shape index (κ2) is 7.58. The molecule has 1 amide bonds. The van der Waals surface area contributed by atoms with Gasteiger partial charge in [-0.25, -0.2) is 0 Å². The van der Waals surface area contributed by atoms with Gasteiger partial charge < -0.3 is 10.4 Å². The fraction of sp³-hybridized carbons (Fsp3) is 0.263. The van der Waals surface area contributed by atoms with Gasteiger partial charge in [0.1, 0.15) is 0 Å². The molecule has 0 spiro atoms. The minimum absolute atomic E-state index is 0.102. The topological polar surface area (TPSA) is 66.4 Å². The van der Waals surface area contributed by atoms with E-state index in [1.165, 1.54) is 0 Å². The molecule has 2 N–H and O–H groups in total. The van der Waals surface area contributed by atoms with Gasteiger partial charge in [-0.1, -0.05) is 55.5 Å². The van der Waals surface area contributed by atoms with Gasteiger partial charge in [-0.2, -0.15) is 0 Å². The molecule has 4 heteroatoms. The van der Waals surface area contributed by atoms with Crippen LogP contribution in [0, 0.1) is 0 Å². The summed E-state index contributed by atoms with van der Waals surface area (Å²) in [4.78, 5) is 23.5. The zero-order valence-electron chi connectivity index (χ0n) is 13.4. The molecule has 0 saturated heterocycles. The molecule has 0 aromatic heterocycles. The van der Waals surface area contributed by atoms with Crippen LogP contribution >= 0.6 is 0 Å². The maximum Gasteiger partial charge on any atom is 0.310 e. The lowest BCUT2D eigenvalue weighted by atomic mass is 9.93. The summed E-state index contributed by atoms with van der Waals surface area (Å²) in [6.07, 6.45) is 1.15. The van der Waals surface area contributed by atoms with E-state index in [0.717, 1.165) is 17.5 Å². The number of amides is 1. The van der Waals surface area contributed by atoms with Gasteiger partial charge in [-0.15, -0.1) is 0 Å². The van der Waals surface area contributed by atoms with Crippen molar-refractivity contribution >= 4 is 17.6 Å². The van der Waals surface area contributed by atoms with Gasteiger partial charge in [0.05, 0.1) is 11.6 Å². The molecule has 4 nitrogen and oxygen atoms in total. The molecule has 0 saturated carbocycles. The molecule has 0 radical (unpaired) electrons. The Hall–Kier alpha value is -2.62. The summed E-state index contributed by atoms with van der Waals surface area (Å²) in [6.45, 7) is 3.56. The number of nitrogens with one attached hydrogen (secondary N) is 1. The van der Waals surface area contributed by atoms with E-state index in [2.05, 4.69) is 5.32 Å². The van der Waals surface area contributed by atoms with Crippen molar-refractivity contribution in [2.24, 2.45) is 0 Å². The average molecular weight is 311 g/mol. The maximum absolute atomic E-state index is 12.1. The quantitative estimate of drug-likeness (QED) is 0.836. The summed E-state index contributed by atoms with van der Waals surface area (Å²) >= 11 is 0. The highest BCUT2D eigenvalue weighted by atomic mass is 16.4. The number of carboxylic acids is 1. The van der Waals surface area contributed by atoms with Crippen molar-refractivity contribution in [2.75, 3.05) is 5.32 Å². The molecule has 1 atom stereocenters. The zero-order chi connectivity index (χ0) is 16.8. The van der Waals surface area contributed by atoms with E-state index in [-0.39, 0.29) is 5.91 Å². The molecule has 0 aliphatic rings. The first-order valence-corrected chi connectivity index (χ1v) is 7.75. The molecule has 0 aliphatic carbocycles. The standard InChI is InChI=1S/C19H21NO3/c1-3-8-17(21)20-18-15(13(2)19(22)23)11-7-12-16(18)14-9-5-4-6-10-14/h4-7,9-13H,3,8H2,1-2H3,(H,20,21)(H,22,23). The number of carboxylic acid groups (broad SMARTS) is 1. The Labute approximate surface area is 136 Å². The van der Waals surface area contributed by atoms with Crippen LogP contribution in [0.2, 0.25) is 0 Å². The normalized spacial score (nSPS) is 11.7. The van der Waals surface area contributed by atoms with Crippen LogP contribution in [0.4, 0.5) is 5.69 Å². The fourth-order valence-electron chi connectivity index (χ4n) is 2.49. The summed E-state index contributed by atoms with van der Waals surface area (Å²) < 4.78 is 0. The van der Waals surface area contributed by atoms with E-state index in [9.17, 15) is 14.7 Å². The van der Waals surface area contributed by atoms with E-state index in [0.29, 0.717) is 17.7 Å². The van der Waals surface area contributed by atoms with Gasteiger partial charge in [-0.05, 0) is 24.5 Å². The first-order valence-electron chi connectivity index (χ1n) is 7.75. The molecule has 2 rings (SSSR count). The van der Waals surface area contributed by atoms with Crippen molar-refractivity contribution in [1.29, 1.82) is 0 Å². The van der Waals surface area contributed by atoms with Gasteiger partial charge >= 0.3 is 5.97 Å². The lowest BCUT2D eigenvalue weighted by Gasteiger charge is -2.18. The third kappa shape index (κ3) is 3.97. The molecular weight excluding hydrogens is 290 g/mol. The molecule has 2 aromatic rings. The Balaban J connectivity index is 2.55. The van der Waals surface area contributed by atoms with Gasteiger partial charge in [0, 0.05) is 12.0 Å². The first kappa shape index (κ1) is 16.7. The molecule has 1 unspecified atom stereocenters. The highest BCUT2D eigenvalue weighted by Gasteiger charge is 2.21.